The Balaban J connectivity index is 1.94. The molecule has 1 saturated carbocycles. The van der Waals surface area contributed by atoms with Crippen LogP contribution in [0.4, 0.5) is 5.82 Å². The summed E-state index contributed by atoms with van der Waals surface area (Å²) in [5.41, 5.74) is -0.399. The summed E-state index contributed by atoms with van der Waals surface area (Å²) in [6.45, 7) is -0.0259. The van der Waals surface area contributed by atoms with Crippen molar-refractivity contribution in [3.05, 3.63) is 16.7 Å². The zero-order valence-corrected chi connectivity index (χ0v) is 10.5. The number of hydrogen-bond donors (Lipinski definition) is 2. The lowest BCUT2D eigenvalue weighted by Crippen LogP contribution is -2.45. The molecule has 1 aromatic rings. The number of hydrogen-bond acceptors (Lipinski definition) is 4. The van der Waals surface area contributed by atoms with E-state index in [0.717, 1.165) is 17.3 Å². The molecule has 0 aromatic carbocycles. The number of fused-ring (bicyclic) bond motifs is 1. The number of nitrogens with zero attached hydrogens (tertiary/aromatic N) is 1. The molecule has 5 nitrogen and oxygen atoms in total. The molecule has 0 bridgehead atoms. The van der Waals surface area contributed by atoms with Gasteiger partial charge in [-0.15, -0.1) is 0 Å². The SMILES string of the molecule is O=C1Nc2ncc(Br)cc2OC1C1(CO)CC1. The molecular formula is C11H11BrN2O3. The molecule has 1 unspecified atom stereocenters. The van der Waals surface area contributed by atoms with Crippen LogP contribution in [0.15, 0.2) is 16.7 Å². The highest BCUT2D eigenvalue weighted by molar-refractivity contribution is 9.10. The first-order valence-corrected chi connectivity index (χ1v) is 6.18. The molecule has 1 aliphatic heterocycles. The molecule has 3 rings (SSSR count). The van der Waals surface area contributed by atoms with Gasteiger partial charge in [-0.1, -0.05) is 0 Å². The monoisotopic (exact) mass is 298 g/mol. The number of amides is 1. The average molecular weight is 299 g/mol. The van der Waals surface area contributed by atoms with Gasteiger partial charge in [0.25, 0.3) is 5.91 Å². The minimum absolute atomic E-state index is 0.0259. The molecule has 1 aromatic heterocycles. The van der Waals surface area contributed by atoms with Gasteiger partial charge in [0.1, 0.15) is 0 Å². The van der Waals surface area contributed by atoms with Crippen molar-refractivity contribution in [3.8, 4) is 5.75 Å². The van der Waals surface area contributed by atoms with Crippen molar-refractivity contribution in [1.82, 2.24) is 4.98 Å². The number of carbonyl (C=O) groups is 1. The molecular weight excluding hydrogens is 288 g/mol. The highest BCUT2D eigenvalue weighted by Crippen LogP contribution is 2.51. The fourth-order valence-corrected chi connectivity index (χ4v) is 2.34. The van der Waals surface area contributed by atoms with Crippen molar-refractivity contribution in [2.45, 2.75) is 18.9 Å². The summed E-state index contributed by atoms with van der Waals surface area (Å²) in [4.78, 5) is 16.0. The number of rotatable bonds is 2. The Kier molecular flexibility index (Phi) is 2.38. The third-order valence-corrected chi connectivity index (χ3v) is 3.74. The molecule has 0 spiro atoms. The maximum absolute atomic E-state index is 11.9. The maximum atomic E-state index is 11.9. The van der Waals surface area contributed by atoms with E-state index in [4.69, 9.17) is 4.74 Å². The predicted molar refractivity (Wildman–Crippen MR) is 63.7 cm³/mol. The average Bonchev–Trinajstić information content (AvgIpc) is 3.10. The van der Waals surface area contributed by atoms with E-state index in [1.807, 2.05) is 0 Å². The lowest BCUT2D eigenvalue weighted by atomic mass is 9.98. The highest BCUT2D eigenvalue weighted by Gasteiger charge is 2.55. The van der Waals surface area contributed by atoms with Crippen LogP contribution in [0.25, 0.3) is 0 Å². The highest BCUT2D eigenvalue weighted by atomic mass is 79.9. The fourth-order valence-electron chi connectivity index (χ4n) is 2.03. The van der Waals surface area contributed by atoms with E-state index in [0.29, 0.717) is 11.6 Å². The van der Waals surface area contributed by atoms with Crippen LogP contribution in [-0.4, -0.2) is 28.7 Å². The van der Waals surface area contributed by atoms with Gasteiger partial charge in [-0.2, -0.15) is 0 Å². The molecule has 0 radical (unpaired) electrons. The Morgan fingerprint density at radius 2 is 2.41 bits per heavy atom. The van der Waals surface area contributed by atoms with Crippen molar-refractivity contribution in [1.29, 1.82) is 0 Å². The summed E-state index contributed by atoms with van der Waals surface area (Å²) < 4.78 is 6.47. The largest absolute Gasteiger partial charge is 0.476 e. The summed E-state index contributed by atoms with van der Waals surface area (Å²) in [5.74, 6) is 0.755. The van der Waals surface area contributed by atoms with Crippen molar-refractivity contribution in [2.75, 3.05) is 11.9 Å². The third kappa shape index (κ3) is 1.71. The van der Waals surface area contributed by atoms with E-state index in [1.54, 1.807) is 12.3 Å². The first-order chi connectivity index (χ1) is 8.14. The normalized spacial score (nSPS) is 24.6. The van der Waals surface area contributed by atoms with Crippen LogP contribution in [0.1, 0.15) is 12.8 Å². The predicted octanol–water partition coefficient (Wildman–Crippen LogP) is 1.32. The van der Waals surface area contributed by atoms with Crippen LogP contribution in [0.2, 0.25) is 0 Å². The number of pyridine rings is 1. The van der Waals surface area contributed by atoms with E-state index in [9.17, 15) is 9.90 Å². The molecule has 1 amide bonds. The molecule has 1 fully saturated rings. The zero-order chi connectivity index (χ0) is 12.0. The van der Waals surface area contributed by atoms with Crippen LogP contribution in [0.5, 0.6) is 5.75 Å². The Morgan fingerprint density at radius 1 is 1.65 bits per heavy atom. The lowest BCUT2D eigenvalue weighted by Gasteiger charge is -2.30. The minimum Gasteiger partial charge on any atom is -0.476 e. The molecule has 90 valence electrons. The van der Waals surface area contributed by atoms with Crippen LogP contribution in [0, 0.1) is 5.41 Å². The Morgan fingerprint density at radius 3 is 3.06 bits per heavy atom. The van der Waals surface area contributed by atoms with E-state index >= 15 is 0 Å². The minimum atomic E-state index is -0.615. The van der Waals surface area contributed by atoms with Gasteiger partial charge in [0, 0.05) is 16.1 Å². The fraction of sp³-hybridized carbons (Fsp3) is 0.455. The summed E-state index contributed by atoms with van der Waals surface area (Å²) in [7, 11) is 0. The molecule has 1 aliphatic carbocycles. The van der Waals surface area contributed by atoms with Crippen molar-refractivity contribution in [2.24, 2.45) is 5.41 Å². The van der Waals surface area contributed by atoms with E-state index in [-0.39, 0.29) is 12.5 Å². The van der Waals surface area contributed by atoms with Gasteiger partial charge >= 0.3 is 0 Å². The van der Waals surface area contributed by atoms with Crippen LogP contribution < -0.4 is 10.1 Å². The van der Waals surface area contributed by atoms with Crippen molar-refractivity contribution < 1.29 is 14.6 Å². The van der Waals surface area contributed by atoms with Gasteiger partial charge in [-0.05, 0) is 34.8 Å². The number of aromatic nitrogens is 1. The van der Waals surface area contributed by atoms with Crippen LogP contribution >= 0.6 is 15.9 Å². The van der Waals surface area contributed by atoms with Gasteiger partial charge in [-0.3, -0.25) is 4.79 Å². The number of carbonyl (C=O) groups excluding carboxylic acids is 1. The van der Waals surface area contributed by atoms with Crippen LogP contribution in [-0.2, 0) is 4.79 Å². The molecule has 2 heterocycles. The molecule has 2 aliphatic rings. The van der Waals surface area contributed by atoms with Gasteiger partial charge in [0.15, 0.2) is 17.7 Å². The van der Waals surface area contributed by atoms with Crippen molar-refractivity contribution in [3.63, 3.8) is 0 Å². The van der Waals surface area contributed by atoms with Gasteiger partial charge in [-0.25, -0.2) is 4.98 Å². The lowest BCUT2D eigenvalue weighted by molar-refractivity contribution is -0.127. The van der Waals surface area contributed by atoms with Gasteiger partial charge in [0.05, 0.1) is 6.61 Å². The Hall–Kier alpha value is -1.14. The molecule has 0 saturated heterocycles. The second kappa shape index (κ2) is 3.68. The first-order valence-electron chi connectivity index (χ1n) is 5.39. The summed E-state index contributed by atoms with van der Waals surface area (Å²) in [6, 6.07) is 1.77. The van der Waals surface area contributed by atoms with E-state index in [1.165, 1.54) is 0 Å². The van der Waals surface area contributed by atoms with Gasteiger partial charge in [0.2, 0.25) is 0 Å². The number of ether oxygens (including phenoxy) is 1. The molecule has 17 heavy (non-hydrogen) atoms. The topological polar surface area (TPSA) is 71.5 Å². The first kappa shape index (κ1) is 11.0. The Labute approximate surface area is 106 Å². The maximum Gasteiger partial charge on any atom is 0.267 e. The number of nitrogens with one attached hydrogen (secondary N) is 1. The number of aliphatic hydroxyl groups excluding tert-OH is 1. The quantitative estimate of drug-likeness (QED) is 0.864. The van der Waals surface area contributed by atoms with E-state index < -0.39 is 11.5 Å². The van der Waals surface area contributed by atoms with Gasteiger partial charge < -0.3 is 15.2 Å². The summed E-state index contributed by atoms with van der Waals surface area (Å²) >= 11 is 3.30. The van der Waals surface area contributed by atoms with E-state index in [2.05, 4.69) is 26.2 Å². The second-order valence-corrected chi connectivity index (χ2v) is 5.42. The molecule has 6 heteroatoms. The molecule has 1 atom stereocenters. The zero-order valence-electron chi connectivity index (χ0n) is 8.94. The third-order valence-electron chi connectivity index (χ3n) is 3.31. The number of anilines is 1. The smallest absolute Gasteiger partial charge is 0.267 e. The summed E-state index contributed by atoms with van der Waals surface area (Å²) in [6.07, 6.45) is 2.62. The standard InChI is InChI=1S/C11H11BrN2O3/c12-6-3-7-9(13-4-6)14-10(16)8(17-7)11(5-15)1-2-11/h3-4,8,15H,1-2,5H2,(H,13,14,16). The number of halogens is 1. The summed E-state index contributed by atoms with van der Waals surface area (Å²) in [5, 5.41) is 12.1. The molecule has 2 N–H and O–H groups in total. The second-order valence-electron chi connectivity index (χ2n) is 4.51. The van der Waals surface area contributed by atoms with Crippen LogP contribution in [0.3, 0.4) is 0 Å². The number of aliphatic hydroxyl groups is 1. The van der Waals surface area contributed by atoms with Crippen molar-refractivity contribution >= 4 is 27.7 Å². The Bertz CT molecular complexity index is 488.